The lowest BCUT2D eigenvalue weighted by atomic mass is 9.93. The van der Waals surface area contributed by atoms with Crippen LogP contribution in [0.5, 0.6) is 0 Å². The van der Waals surface area contributed by atoms with Gasteiger partial charge in [0.05, 0.1) is 6.07 Å². The zero-order valence-electron chi connectivity index (χ0n) is 10.7. The summed E-state index contributed by atoms with van der Waals surface area (Å²) in [6, 6.07) is 16.4. The first kappa shape index (κ1) is 13.7. The number of nitriles is 1. The molecule has 1 aliphatic rings. The van der Waals surface area contributed by atoms with Gasteiger partial charge < -0.3 is 5.32 Å². The van der Waals surface area contributed by atoms with E-state index >= 15 is 0 Å². The number of fused-ring (bicyclic) bond motifs is 1. The van der Waals surface area contributed by atoms with Crippen LogP contribution >= 0.6 is 31.9 Å². The van der Waals surface area contributed by atoms with Gasteiger partial charge in [-0.25, -0.2) is 0 Å². The molecule has 4 heteroatoms. The molecule has 1 aliphatic carbocycles. The molecule has 0 aliphatic heterocycles. The first-order valence-electron chi connectivity index (χ1n) is 6.38. The lowest BCUT2D eigenvalue weighted by molar-refractivity contribution is 0.620. The van der Waals surface area contributed by atoms with Crippen molar-refractivity contribution >= 4 is 37.5 Å². The van der Waals surface area contributed by atoms with E-state index in [1.165, 1.54) is 5.56 Å². The third-order valence-electron chi connectivity index (χ3n) is 3.74. The molecule has 0 bridgehead atoms. The van der Waals surface area contributed by atoms with Crippen LogP contribution in [0.4, 0.5) is 5.69 Å². The van der Waals surface area contributed by atoms with Crippen molar-refractivity contribution in [1.82, 2.24) is 0 Å². The molecule has 1 N–H and O–H groups in total. The van der Waals surface area contributed by atoms with Gasteiger partial charge in [0, 0.05) is 14.6 Å². The highest BCUT2D eigenvalue weighted by Gasteiger charge is 2.40. The molecule has 100 valence electrons. The Balaban J connectivity index is 2.07. The number of nitrogens with one attached hydrogen (secondary N) is 1. The van der Waals surface area contributed by atoms with Crippen molar-refractivity contribution in [1.29, 1.82) is 5.26 Å². The minimum absolute atomic E-state index is 0.650. The van der Waals surface area contributed by atoms with Crippen LogP contribution in [-0.4, -0.2) is 0 Å². The molecule has 2 nitrogen and oxygen atoms in total. The number of nitrogens with zero attached hydrogens (tertiary/aromatic N) is 1. The number of hydrogen-bond acceptors (Lipinski definition) is 2. The molecule has 2 aromatic carbocycles. The maximum absolute atomic E-state index is 9.76. The van der Waals surface area contributed by atoms with E-state index in [4.69, 9.17) is 0 Å². The second-order valence-electron chi connectivity index (χ2n) is 4.89. The number of halogens is 2. The van der Waals surface area contributed by atoms with Crippen LogP contribution < -0.4 is 5.32 Å². The van der Waals surface area contributed by atoms with Gasteiger partial charge in [-0.2, -0.15) is 5.26 Å². The maximum atomic E-state index is 9.76. The van der Waals surface area contributed by atoms with Crippen LogP contribution in [0, 0.1) is 11.3 Å². The van der Waals surface area contributed by atoms with E-state index in [0.29, 0.717) is 0 Å². The lowest BCUT2D eigenvalue weighted by Crippen LogP contribution is -2.31. The second kappa shape index (κ2) is 5.23. The number of anilines is 1. The molecule has 0 saturated carbocycles. The highest BCUT2D eigenvalue weighted by Crippen LogP contribution is 2.42. The highest BCUT2D eigenvalue weighted by molar-refractivity contribution is 9.10. The van der Waals surface area contributed by atoms with Crippen LogP contribution in [0.1, 0.15) is 17.5 Å². The van der Waals surface area contributed by atoms with Gasteiger partial charge in [0.1, 0.15) is 0 Å². The maximum Gasteiger partial charge on any atom is 0.151 e. The van der Waals surface area contributed by atoms with Gasteiger partial charge in [-0.05, 0) is 58.1 Å². The summed E-state index contributed by atoms with van der Waals surface area (Å²) < 4.78 is 2.05. The normalized spacial score (nSPS) is 20.2. The van der Waals surface area contributed by atoms with E-state index in [1.54, 1.807) is 0 Å². The van der Waals surface area contributed by atoms with E-state index in [-0.39, 0.29) is 0 Å². The van der Waals surface area contributed by atoms with Gasteiger partial charge in [-0.1, -0.05) is 40.2 Å². The summed E-state index contributed by atoms with van der Waals surface area (Å²) in [6.45, 7) is 0. The lowest BCUT2D eigenvalue weighted by Gasteiger charge is -2.26. The molecule has 0 radical (unpaired) electrons. The minimum atomic E-state index is -0.650. The van der Waals surface area contributed by atoms with E-state index in [0.717, 1.165) is 33.0 Å². The number of rotatable bonds is 2. The van der Waals surface area contributed by atoms with Crippen LogP contribution in [-0.2, 0) is 12.0 Å². The summed E-state index contributed by atoms with van der Waals surface area (Å²) in [4.78, 5) is 0. The summed E-state index contributed by atoms with van der Waals surface area (Å²) in [5.41, 5.74) is 2.60. The highest BCUT2D eigenvalue weighted by atomic mass is 79.9. The van der Waals surface area contributed by atoms with E-state index < -0.39 is 5.54 Å². The Morgan fingerprint density at radius 3 is 2.55 bits per heavy atom. The molecule has 2 aromatic rings. The Kier molecular flexibility index (Phi) is 3.57. The molecule has 3 rings (SSSR count). The molecule has 1 atom stereocenters. The van der Waals surface area contributed by atoms with Crippen molar-refractivity contribution in [2.75, 3.05) is 5.32 Å². The fraction of sp³-hybridized carbons (Fsp3) is 0.188. The molecule has 0 spiro atoms. The van der Waals surface area contributed by atoms with Crippen molar-refractivity contribution < 1.29 is 0 Å². The standard InChI is InChI=1S/C16H12Br2N2/c17-13-6-3-4-12-11(13)8-9-16(12,10-19)20-15-7-2-1-5-14(15)18/h1-7,20H,8-9H2. The smallest absolute Gasteiger partial charge is 0.151 e. The average molecular weight is 392 g/mol. The summed E-state index contributed by atoms with van der Waals surface area (Å²) in [5, 5.41) is 13.2. The third kappa shape index (κ3) is 2.15. The molecule has 0 amide bonds. The molecule has 1 unspecified atom stereocenters. The Morgan fingerprint density at radius 2 is 1.80 bits per heavy atom. The topological polar surface area (TPSA) is 35.8 Å². The van der Waals surface area contributed by atoms with Crippen molar-refractivity contribution in [3.8, 4) is 6.07 Å². The summed E-state index contributed by atoms with van der Waals surface area (Å²) in [5.74, 6) is 0. The number of hydrogen-bond donors (Lipinski definition) is 1. The van der Waals surface area contributed by atoms with Gasteiger partial charge in [0.25, 0.3) is 0 Å². The molecule has 0 aromatic heterocycles. The average Bonchev–Trinajstić information content (AvgIpc) is 2.83. The zero-order chi connectivity index (χ0) is 14.2. The quantitative estimate of drug-likeness (QED) is 0.782. The van der Waals surface area contributed by atoms with Crippen molar-refractivity contribution in [3.05, 3.63) is 62.5 Å². The SMILES string of the molecule is N#CC1(Nc2ccccc2Br)CCc2c(Br)cccc21. The van der Waals surface area contributed by atoms with Crippen LogP contribution in [0.15, 0.2) is 51.4 Å². The molecular formula is C16H12Br2N2. The zero-order valence-corrected chi connectivity index (χ0v) is 13.8. The Bertz CT molecular complexity index is 706. The molecule has 0 heterocycles. The molecule has 20 heavy (non-hydrogen) atoms. The predicted octanol–water partition coefficient (Wildman–Crippen LogP) is 4.99. The number of benzene rings is 2. The van der Waals surface area contributed by atoms with Crippen molar-refractivity contribution in [2.45, 2.75) is 18.4 Å². The monoisotopic (exact) mass is 390 g/mol. The van der Waals surface area contributed by atoms with Gasteiger partial charge in [0.2, 0.25) is 0 Å². The molecule has 0 saturated heterocycles. The summed E-state index contributed by atoms with van der Waals surface area (Å²) >= 11 is 7.11. The molecule has 0 fully saturated rings. The largest absolute Gasteiger partial charge is 0.363 e. The second-order valence-corrected chi connectivity index (χ2v) is 6.60. The third-order valence-corrected chi connectivity index (χ3v) is 5.18. The Morgan fingerprint density at radius 1 is 1.05 bits per heavy atom. The van der Waals surface area contributed by atoms with E-state index in [1.807, 2.05) is 42.5 Å². The van der Waals surface area contributed by atoms with E-state index in [9.17, 15) is 5.26 Å². The number of para-hydroxylation sites is 1. The van der Waals surface area contributed by atoms with Crippen molar-refractivity contribution in [3.63, 3.8) is 0 Å². The van der Waals surface area contributed by atoms with Crippen molar-refractivity contribution in [2.24, 2.45) is 0 Å². The van der Waals surface area contributed by atoms with Crippen LogP contribution in [0.25, 0.3) is 0 Å². The molecular weight excluding hydrogens is 380 g/mol. The van der Waals surface area contributed by atoms with Gasteiger partial charge in [0.15, 0.2) is 5.54 Å². The fourth-order valence-electron chi connectivity index (χ4n) is 2.73. The Labute approximate surface area is 135 Å². The predicted molar refractivity (Wildman–Crippen MR) is 87.5 cm³/mol. The first-order chi connectivity index (χ1) is 9.66. The fourth-order valence-corrected chi connectivity index (χ4v) is 3.67. The summed E-state index contributed by atoms with van der Waals surface area (Å²) in [6.07, 6.45) is 1.69. The first-order valence-corrected chi connectivity index (χ1v) is 7.97. The summed E-state index contributed by atoms with van der Waals surface area (Å²) in [7, 11) is 0. The Hall–Kier alpha value is -1.31. The van der Waals surface area contributed by atoms with Gasteiger partial charge in [-0.3, -0.25) is 0 Å². The van der Waals surface area contributed by atoms with Crippen LogP contribution in [0.3, 0.4) is 0 Å². The van der Waals surface area contributed by atoms with Crippen LogP contribution in [0.2, 0.25) is 0 Å². The van der Waals surface area contributed by atoms with Gasteiger partial charge >= 0.3 is 0 Å². The minimum Gasteiger partial charge on any atom is -0.363 e. The van der Waals surface area contributed by atoms with Gasteiger partial charge in [-0.15, -0.1) is 0 Å². The van der Waals surface area contributed by atoms with E-state index in [2.05, 4.69) is 43.2 Å².